The second-order valence-corrected chi connectivity index (χ2v) is 9.56. The van der Waals surface area contributed by atoms with E-state index in [1.807, 2.05) is 66.3 Å². The Balaban J connectivity index is 1.46. The molecule has 5 aromatic rings. The number of hydrogen-bond donors (Lipinski definition) is 3. The van der Waals surface area contributed by atoms with Crippen molar-refractivity contribution in [2.24, 2.45) is 7.05 Å². The molecule has 7 nitrogen and oxygen atoms in total. The van der Waals surface area contributed by atoms with Crippen molar-refractivity contribution < 1.29 is 9.53 Å². The van der Waals surface area contributed by atoms with Crippen LogP contribution >= 0.6 is 11.3 Å². The van der Waals surface area contributed by atoms with Crippen molar-refractivity contribution in [2.75, 3.05) is 31.2 Å². The van der Waals surface area contributed by atoms with Crippen LogP contribution in [-0.2, 0) is 7.05 Å². The quantitative estimate of drug-likeness (QED) is 0.225. The lowest BCUT2D eigenvalue weighted by Crippen LogP contribution is -2.16. The number of anilines is 2. The average molecular weight is 512 g/mol. The minimum atomic E-state index is -0.201. The molecule has 37 heavy (non-hydrogen) atoms. The minimum absolute atomic E-state index is 0.201. The van der Waals surface area contributed by atoms with Crippen LogP contribution in [0.3, 0.4) is 0 Å². The molecule has 0 aliphatic carbocycles. The highest BCUT2D eigenvalue weighted by molar-refractivity contribution is 7.18. The molecular weight excluding hydrogens is 482 g/mol. The molecule has 0 bridgehead atoms. The van der Waals surface area contributed by atoms with Crippen molar-refractivity contribution in [1.82, 2.24) is 14.9 Å². The summed E-state index contributed by atoms with van der Waals surface area (Å²) in [6, 6.07) is 15.6. The van der Waals surface area contributed by atoms with Gasteiger partial charge in [0.1, 0.15) is 17.3 Å². The number of ether oxygens (including phenoxy) is 1. The fourth-order valence-corrected chi connectivity index (χ4v) is 5.57. The van der Waals surface area contributed by atoms with E-state index in [2.05, 4.69) is 40.1 Å². The normalized spacial score (nSPS) is 11.5. The van der Waals surface area contributed by atoms with E-state index >= 15 is 0 Å². The number of likely N-dealkylation sites (N-methyl/N-ethyl adjacent to an activating group) is 1. The maximum absolute atomic E-state index is 13.1. The second kappa shape index (κ2) is 10.5. The molecule has 3 heterocycles. The van der Waals surface area contributed by atoms with Gasteiger partial charge >= 0.3 is 0 Å². The summed E-state index contributed by atoms with van der Waals surface area (Å²) in [5.74, 6) is 0.854. The first-order chi connectivity index (χ1) is 18.0. The molecule has 5 rings (SSSR count). The van der Waals surface area contributed by atoms with Crippen LogP contribution in [0.4, 0.5) is 11.5 Å². The number of methoxy groups -OCH3 is 1. The van der Waals surface area contributed by atoms with Gasteiger partial charge in [0.25, 0.3) is 5.91 Å². The maximum Gasteiger partial charge on any atom is 0.272 e. The first-order valence-electron chi connectivity index (χ1n) is 12.1. The van der Waals surface area contributed by atoms with Crippen LogP contribution in [-0.4, -0.2) is 35.7 Å². The molecule has 2 aromatic carbocycles. The molecular formula is C29H29N5O2S. The third-order valence-corrected chi connectivity index (χ3v) is 7.44. The fraction of sp³-hybridized carbons (Fsp3) is 0.172. The fourth-order valence-electron chi connectivity index (χ4n) is 4.49. The van der Waals surface area contributed by atoms with Gasteiger partial charge in [0.05, 0.1) is 12.8 Å². The van der Waals surface area contributed by atoms with Gasteiger partial charge in [-0.05, 0) is 41.8 Å². The van der Waals surface area contributed by atoms with Gasteiger partial charge < -0.3 is 25.7 Å². The van der Waals surface area contributed by atoms with Crippen molar-refractivity contribution in [1.29, 1.82) is 0 Å². The molecule has 0 saturated heterocycles. The second-order valence-electron chi connectivity index (χ2n) is 8.68. The average Bonchev–Trinajstić information content (AvgIpc) is 3.51. The lowest BCUT2D eigenvalue weighted by Gasteiger charge is -2.13. The number of aryl methyl sites for hydroxylation is 1. The summed E-state index contributed by atoms with van der Waals surface area (Å²) in [6.07, 6.45) is 5.97. The third-order valence-electron chi connectivity index (χ3n) is 6.41. The number of para-hydroxylation sites is 1. The highest BCUT2D eigenvalue weighted by Crippen LogP contribution is 2.41. The topological polar surface area (TPSA) is 94.2 Å². The van der Waals surface area contributed by atoms with Crippen molar-refractivity contribution in [3.05, 3.63) is 77.4 Å². The summed E-state index contributed by atoms with van der Waals surface area (Å²) in [4.78, 5) is 17.6. The van der Waals surface area contributed by atoms with E-state index in [0.29, 0.717) is 22.9 Å². The summed E-state index contributed by atoms with van der Waals surface area (Å²) in [7, 11) is 3.49. The van der Waals surface area contributed by atoms with Gasteiger partial charge in [-0.3, -0.25) is 4.79 Å². The number of carbonyl (C=O) groups is 1. The monoisotopic (exact) mass is 511 g/mol. The Morgan fingerprint density at radius 3 is 2.84 bits per heavy atom. The number of amides is 1. The van der Waals surface area contributed by atoms with Gasteiger partial charge in [-0.25, -0.2) is 4.98 Å². The molecule has 188 valence electrons. The SMILES string of the molecule is CCNC/C=C/c1cnc(N)c2c(-c3ccc(NC(=O)c4cc5ccccc5n4C)c(OC)c3)csc12. The van der Waals surface area contributed by atoms with Crippen LogP contribution in [0.15, 0.2) is 66.2 Å². The number of nitrogens with two attached hydrogens (primary N) is 1. The van der Waals surface area contributed by atoms with Gasteiger partial charge in [0.2, 0.25) is 0 Å². The van der Waals surface area contributed by atoms with E-state index in [9.17, 15) is 4.79 Å². The Hall–Kier alpha value is -4.14. The summed E-state index contributed by atoms with van der Waals surface area (Å²) < 4.78 is 8.65. The number of nitrogen functional groups attached to an aromatic ring is 1. The molecule has 0 fully saturated rings. The number of carbonyl (C=O) groups excluding carboxylic acids is 1. The molecule has 0 saturated carbocycles. The van der Waals surface area contributed by atoms with Crippen LogP contribution in [0, 0.1) is 0 Å². The Bertz CT molecular complexity index is 1630. The largest absolute Gasteiger partial charge is 0.495 e. The predicted molar refractivity (Wildman–Crippen MR) is 154 cm³/mol. The molecule has 0 spiro atoms. The van der Waals surface area contributed by atoms with Gasteiger partial charge in [0, 0.05) is 51.9 Å². The van der Waals surface area contributed by atoms with Crippen LogP contribution < -0.4 is 21.1 Å². The zero-order valence-electron chi connectivity index (χ0n) is 21.0. The standard InChI is InChI=1S/C29H29N5O2S/c1-4-31-13-7-9-20-16-32-28(30)26-21(17-37-27(20)26)18-11-12-22(25(15-18)36-3)33-29(35)24-14-19-8-5-6-10-23(19)34(24)2/h5-12,14-17,31H,4,13H2,1-3H3,(H2,30,32)(H,33,35)/b9-7+. The highest BCUT2D eigenvalue weighted by Gasteiger charge is 2.18. The van der Waals surface area contributed by atoms with E-state index in [4.69, 9.17) is 10.5 Å². The zero-order valence-corrected chi connectivity index (χ0v) is 21.9. The molecule has 0 atom stereocenters. The van der Waals surface area contributed by atoms with Crippen LogP contribution in [0.2, 0.25) is 0 Å². The summed E-state index contributed by atoms with van der Waals surface area (Å²) in [5.41, 5.74) is 11.5. The van der Waals surface area contributed by atoms with Crippen LogP contribution in [0.25, 0.3) is 38.2 Å². The molecule has 0 radical (unpaired) electrons. The lowest BCUT2D eigenvalue weighted by molar-refractivity contribution is 0.101. The van der Waals surface area contributed by atoms with Gasteiger partial charge in [-0.1, -0.05) is 43.3 Å². The van der Waals surface area contributed by atoms with Crippen molar-refractivity contribution in [3.8, 4) is 16.9 Å². The molecule has 0 aliphatic rings. The number of nitrogens with zero attached hydrogens (tertiary/aromatic N) is 2. The van der Waals surface area contributed by atoms with E-state index in [1.54, 1.807) is 18.4 Å². The molecule has 0 aliphatic heterocycles. The lowest BCUT2D eigenvalue weighted by atomic mass is 10.0. The van der Waals surface area contributed by atoms with Crippen molar-refractivity contribution >= 4 is 55.8 Å². The zero-order chi connectivity index (χ0) is 25.9. The molecule has 8 heteroatoms. The molecule has 0 unspecified atom stereocenters. The summed E-state index contributed by atoms with van der Waals surface area (Å²) in [5, 5.41) is 10.3. The van der Waals surface area contributed by atoms with Crippen LogP contribution in [0.1, 0.15) is 23.0 Å². The number of hydrogen-bond acceptors (Lipinski definition) is 6. The molecule has 3 aromatic heterocycles. The van der Waals surface area contributed by atoms with Gasteiger partial charge in [-0.2, -0.15) is 0 Å². The smallest absolute Gasteiger partial charge is 0.272 e. The van der Waals surface area contributed by atoms with E-state index in [-0.39, 0.29) is 5.91 Å². The first kappa shape index (κ1) is 24.5. The van der Waals surface area contributed by atoms with Gasteiger partial charge in [0.15, 0.2) is 0 Å². The Labute approximate surface area is 219 Å². The minimum Gasteiger partial charge on any atom is -0.495 e. The number of benzene rings is 2. The van der Waals surface area contributed by atoms with Crippen LogP contribution in [0.5, 0.6) is 5.75 Å². The van der Waals surface area contributed by atoms with Gasteiger partial charge in [-0.15, -0.1) is 11.3 Å². The molecule has 4 N–H and O–H groups in total. The van der Waals surface area contributed by atoms with Crippen molar-refractivity contribution in [2.45, 2.75) is 6.92 Å². The first-order valence-corrected chi connectivity index (χ1v) is 13.0. The number of thiophene rings is 1. The maximum atomic E-state index is 13.1. The number of fused-ring (bicyclic) bond motifs is 2. The number of nitrogens with one attached hydrogen (secondary N) is 2. The predicted octanol–water partition coefficient (Wildman–Crippen LogP) is 5.92. The Morgan fingerprint density at radius 1 is 1.22 bits per heavy atom. The Kier molecular flexibility index (Phi) is 6.94. The number of aromatic nitrogens is 2. The molecule has 1 amide bonds. The van der Waals surface area contributed by atoms with E-state index in [0.717, 1.165) is 50.8 Å². The number of rotatable bonds is 8. The summed E-state index contributed by atoms with van der Waals surface area (Å²) in [6.45, 7) is 3.80. The third kappa shape index (κ3) is 4.69. The van der Waals surface area contributed by atoms with E-state index in [1.165, 1.54) is 0 Å². The van der Waals surface area contributed by atoms with Crippen molar-refractivity contribution in [3.63, 3.8) is 0 Å². The highest BCUT2D eigenvalue weighted by atomic mass is 32.1. The Morgan fingerprint density at radius 2 is 2.05 bits per heavy atom. The number of pyridine rings is 1. The summed E-state index contributed by atoms with van der Waals surface area (Å²) >= 11 is 1.64. The van der Waals surface area contributed by atoms with E-state index < -0.39 is 0 Å².